The van der Waals surface area contributed by atoms with E-state index in [2.05, 4.69) is 33.8 Å². The van der Waals surface area contributed by atoms with Gasteiger partial charge in [-0.1, -0.05) is 29.8 Å². The molecule has 0 bridgehead atoms. The fourth-order valence-corrected chi connectivity index (χ4v) is 6.96. The molecular weight excluding hydrogens is 696 g/mol. The van der Waals surface area contributed by atoms with E-state index in [1.165, 1.54) is 11.8 Å². The number of carbonyl (C=O) groups is 2. The molecule has 0 radical (unpaired) electrons. The third-order valence-corrected chi connectivity index (χ3v) is 10.6. The summed E-state index contributed by atoms with van der Waals surface area (Å²) >= 11 is 8.30. The van der Waals surface area contributed by atoms with Crippen LogP contribution in [0.5, 0.6) is 5.75 Å². The number of aromatic nitrogens is 1. The van der Waals surface area contributed by atoms with Gasteiger partial charge in [0.1, 0.15) is 24.1 Å². The molecule has 0 unspecified atom stereocenters. The lowest BCUT2D eigenvalue weighted by Crippen LogP contribution is -2.54. The van der Waals surface area contributed by atoms with Crippen molar-refractivity contribution in [1.82, 2.24) is 20.5 Å². The molecular formula is C37H47ClN4O8S. The van der Waals surface area contributed by atoms with Gasteiger partial charge in [0.15, 0.2) is 6.10 Å². The van der Waals surface area contributed by atoms with E-state index in [1.54, 1.807) is 11.8 Å². The first-order valence-electron chi connectivity index (χ1n) is 17.3. The molecule has 51 heavy (non-hydrogen) atoms. The molecule has 2 amide bonds. The lowest BCUT2D eigenvalue weighted by molar-refractivity contribution is -0.158. The lowest BCUT2D eigenvalue weighted by Gasteiger charge is -2.30. The second-order valence-corrected chi connectivity index (χ2v) is 14.7. The first kappa shape index (κ1) is 38.9. The van der Waals surface area contributed by atoms with E-state index in [9.17, 15) is 30.0 Å². The number of ether oxygens (including phenoxy) is 1. The van der Waals surface area contributed by atoms with Crippen LogP contribution in [-0.4, -0.2) is 103 Å². The fourth-order valence-electron chi connectivity index (χ4n) is 5.80. The number of aliphatic hydroxyl groups is 5. The summed E-state index contributed by atoms with van der Waals surface area (Å²) < 4.78 is 6.25. The number of nitrogens with one attached hydrogen (secondary N) is 2. The summed E-state index contributed by atoms with van der Waals surface area (Å²) in [5.74, 6) is 0.300. The van der Waals surface area contributed by atoms with Crippen LogP contribution in [0.25, 0.3) is 11.1 Å². The van der Waals surface area contributed by atoms with Crippen molar-refractivity contribution < 1.29 is 39.9 Å². The van der Waals surface area contributed by atoms with Crippen LogP contribution in [-0.2, 0) is 21.7 Å². The molecule has 2 aliphatic rings. The summed E-state index contributed by atoms with van der Waals surface area (Å²) in [6.07, 6.45) is 1.63. The van der Waals surface area contributed by atoms with Crippen LogP contribution in [0.2, 0.25) is 5.02 Å². The maximum atomic E-state index is 12.9. The van der Waals surface area contributed by atoms with Gasteiger partial charge in [0.2, 0.25) is 5.91 Å². The van der Waals surface area contributed by atoms with Crippen LogP contribution in [0.15, 0.2) is 65.8 Å². The number of hydrogen-bond donors (Lipinski definition) is 7. The van der Waals surface area contributed by atoms with Crippen molar-refractivity contribution in [2.24, 2.45) is 0 Å². The molecule has 1 aromatic heterocycles. The maximum Gasteiger partial charge on any atom is 0.255 e. The first-order chi connectivity index (χ1) is 24.5. The van der Waals surface area contributed by atoms with Crippen molar-refractivity contribution in [3.05, 3.63) is 77.1 Å². The predicted molar refractivity (Wildman–Crippen MR) is 194 cm³/mol. The largest absolute Gasteiger partial charge is 0.490 e. The SMILES string of the molecule is CC(=O)NCN(CCCCSc1ccc(Cl)c(CNC2(c3cnccc3-c3ccccc3OC3CC3)CC2)c1)C(=O)[C@@H](O)[C@@H](O)[C@H](O)[C@@H](O)CO. The number of para-hydroxylation sites is 1. The topological polar surface area (TPSA) is 185 Å². The number of thioether (sulfide) groups is 1. The van der Waals surface area contributed by atoms with Crippen molar-refractivity contribution in [2.75, 3.05) is 25.6 Å². The summed E-state index contributed by atoms with van der Waals surface area (Å²) in [7, 11) is 0. The zero-order chi connectivity index (χ0) is 36.5. The standard InChI is InChI=1S/C37H47ClN4O8S/c1-23(44)40-22-42(36(49)35(48)34(47)33(46)31(45)21-43)16-4-5-17-51-26-10-11-30(38)24(18-26)19-41-37(13-14-37)29-20-39-15-12-27(29)28-6-2-3-7-32(28)50-25-8-9-25/h2-3,6-7,10-12,15,18,20,25,31,33-35,41,43,45-48H,4-5,8-9,13-14,16-17,19,21-22H2,1H3,(H,40,44)/t31-,33+,34-,35-/m0/s1. The molecule has 14 heteroatoms. The average molecular weight is 743 g/mol. The number of benzene rings is 2. The molecule has 0 aliphatic heterocycles. The molecule has 2 aliphatic carbocycles. The number of hydrogen-bond acceptors (Lipinski definition) is 11. The van der Waals surface area contributed by atoms with Crippen molar-refractivity contribution in [3.8, 4) is 16.9 Å². The Hall–Kier alpha value is -3.27. The van der Waals surface area contributed by atoms with Crippen molar-refractivity contribution in [3.63, 3.8) is 0 Å². The third kappa shape index (κ3) is 10.4. The van der Waals surface area contributed by atoms with E-state index >= 15 is 0 Å². The van der Waals surface area contributed by atoms with Gasteiger partial charge in [-0.15, -0.1) is 11.8 Å². The number of amides is 2. The van der Waals surface area contributed by atoms with Gasteiger partial charge in [-0.25, -0.2) is 0 Å². The fraction of sp³-hybridized carbons (Fsp3) is 0.486. The van der Waals surface area contributed by atoms with Gasteiger partial charge in [0, 0.05) is 53.4 Å². The van der Waals surface area contributed by atoms with Gasteiger partial charge in [-0.05, 0) is 91.3 Å². The van der Waals surface area contributed by atoms with Gasteiger partial charge >= 0.3 is 0 Å². The van der Waals surface area contributed by atoms with Crippen LogP contribution in [0.1, 0.15) is 56.6 Å². The molecule has 2 saturated carbocycles. The average Bonchev–Trinajstić information content (AvgIpc) is 4.09. The molecule has 4 atom stereocenters. The highest BCUT2D eigenvalue weighted by atomic mass is 35.5. The maximum absolute atomic E-state index is 12.9. The molecule has 12 nitrogen and oxygen atoms in total. The second kappa shape index (κ2) is 18.0. The molecule has 2 aromatic carbocycles. The Morgan fingerprint density at radius 3 is 2.53 bits per heavy atom. The van der Waals surface area contributed by atoms with E-state index in [1.807, 2.05) is 42.7 Å². The molecule has 0 spiro atoms. The van der Waals surface area contributed by atoms with Crippen molar-refractivity contribution in [2.45, 2.75) is 92.9 Å². The van der Waals surface area contributed by atoms with E-state index in [0.29, 0.717) is 36.3 Å². The number of pyridine rings is 1. The zero-order valence-corrected chi connectivity index (χ0v) is 30.2. The summed E-state index contributed by atoms with van der Waals surface area (Å²) in [5.41, 5.74) is 4.08. The molecule has 3 aromatic rings. The lowest BCUT2D eigenvalue weighted by atomic mass is 9.94. The Labute approximate surface area is 307 Å². The first-order valence-corrected chi connectivity index (χ1v) is 18.6. The molecule has 276 valence electrons. The van der Waals surface area contributed by atoms with Gasteiger partial charge in [0.25, 0.3) is 5.91 Å². The quantitative estimate of drug-likeness (QED) is 0.0513. The highest BCUT2D eigenvalue weighted by molar-refractivity contribution is 7.99. The molecule has 0 saturated heterocycles. The molecule has 7 N–H and O–H groups in total. The number of rotatable bonds is 20. The number of unbranched alkanes of at least 4 members (excludes halogenated alkanes) is 1. The second-order valence-electron chi connectivity index (χ2n) is 13.1. The van der Waals surface area contributed by atoms with Gasteiger partial charge in [-0.2, -0.15) is 0 Å². The van der Waals surface area contributed by atoms with E-state index in [0.717, 1.165) is 58.6 Å². The highest BCUT2D eigenvalue weighted by Gasteiger charge is 2.46. The number of carbonyl (C=O) groups excluding carboxylic acids is 2. The van der Waals surface area contributed by atoms with E-state index < -0.39 is 36.9 Å². The van der Waals surface area contributed by atoms with Crippen LogP contribution in [0.4, 0.5) is 0 Å². The monoisotopic (exact) mass is 742 g/mol. The summed E-state index contributed by atoms with van der Waals surface area (Å²) in [6.45, 7) is 0.943. The minimum Gasteiger partial charge on any atom is -0.490 e. The molecule has 2 fully saturated rings. The number of aliphatic hydroxyl groups excluding tert-OH is 5. The van der Waals surface area contributed by atoms with Crippen molar-refractivity contribution in [1.29, 1.82) is 0 Å². The Morgan fingerprint density at radius 1 is 1.06 bits per heavy atom. The van der Waals surface area contributed by atoms with Crippen LogP contribution < -0.4 is 15.4 Å². The zero-order valence-electron chi connectivity index (χ0n) is 28.6. The predicted octanol–water partition coefficient (Wildman–Crippen LogP) is 2.95. The Bertz CT molecular complexity index is 1640. The van der Waals surface area contributed by atoms with Gasteiger partial charge < -0.3 is 45.8 Å². The minimum absolute atomic E-state index is 0.160. The van der Waals surface area contributed by atoms with Crippen LogP contribution in [0.3, 0.4) is 0 Å². The van der Waals surface area contributed by atoms with Crippen molar-refractivity contribution >= 4 is 35.2 Å². The van der Waals surface area contributed by atoms with Gasteiger partial charge in [0.05, 0.1) is 19.4 Å². The number of nitrogens with zero attached hydrogens (tertiary/aromatic N) is 2. The van der Waals surface area contributed by atoms with Gasteiger partial charge in [-0.3, -0.25) is 14.6 Å². The van der Waals surface area contributed by atoms with E-state index in [-0.39, 0.29) is 24.7 Å². The minimum atomic E-state index is -2.07. The Kier molecular flexibility index (Phi) is 13.7. The number of halogens is 1. The Balaban J connectivity index is 1.16. The van der Waals surface area contributed by atoms with Crippen LogP contribution >= 0.6 is 23.4 Å². The normalized spacial score (nSPS) is 17.2. The summed E-state index contributed by atoms with van der Waals surface area (Å²) in [6, 6.07) is 16.2. The van der Waals surface area contributed by atoms with E-state index in [4.69, 9.17) is 21.4 Å². The molecule has 1 heterocycles. The summed E-state index contributed by atoms with van der Waals surface area (Å²) in [5, 5.41) is 56.1. The smallest absolute Gasteiger partial charge is 0.255 e. The summed E-state index contributed by atoms with van der Waals surface area (Å²) in [4.78, 5) is 31.1. The highest BCUT2D eigenvalue weighted by Crippen LogP contribution is 2.50. The van der Waals surface area contributed by atoms with Crippen LogP contribution in [0, 0.1) is 0 Å². The molecule has 5 rings (SSSR count). The third-order valence-electron chi connectivity index (χ3n) is 9.15. The Morgan fingerprint density at radius 2 is 1.82 bits per heavy atom.